The van der Waals surface area contributed by atoms with Gasteiger partial charge in [0.2, 0.25) is 0 Å². The molecule has 176 valence electrons. The quantitative estimate of drug-likeness (QED) is 0.264. The van der Waals surface area contributed by atoms with Gasteiger partial charge in [-0.05, 0) is 11.1 Å². The molecule has 2 N–H and O–H groups in total. The Morgan fingerprint density at radius 1 is 0.606 bits per heavy atom. The first kappa shape index (κ1) is 26.3. The van der Waals surface area contributed by atoms with E-state index in [0.717, 1.165) is 11.1 Å². The van der Waals surface area contributed by atoms with Gasteiger partial charge in [-0.25, -0.2) is 0 Å². The first-order chi connectivity index (χ1) is 15.6. The standard InChI is InChI=1S/C28H36O4Si/c1-7-23(29)27(24(30)8-2)19-11-15-21(16-12-19)33(5,6)22-17-13-20(14-18-22)28(25(31)9-3)26(32)10-4/h11-18,29,31H,7-10H2,1-6H3/b27-23+,28-25+. The Balaban J connectivity index is 2.42. The zero-order chi connectivity index (χ0) is 24.8. The predicted molar refractivity (Wildman–Crippen MR) is 140 cm³/mol. The molecule has 0 spiro atoms. The second-order valence-corrected chi connectivity index (χ2v) is 13.1. The number of Topliss-reactive ketones (excluding diaryl/α,β-unsaturated/α-hetero) is 2. The third kappa shape index (κ3) is 5.71. The van der Waals surface area contributed by atoms with E-state index in [2.05, 4.69) is 37.4 Å². The third-order valence-corrected chi connectivity index (χ3v) is 9.79. The van der Waals surface area contributed by atoms with Crippen molar-refractivity contribution >= 4 is 41.2 Å². The highest BCUT2D eigenvalue weighted by Gasteiger charge is 2.27. The first-order valence-electron chi connectivity index (χ1n) is 11.7. The van der Waals surface area contributed by atoms with Crippen LogP contribution in [0.3, 0.4) is 0 Å². The second-order valence-electron chi connectivity index (χ2n) is 8.68. The number of ketones is 2. The molecule has 0 aliphatic carbocycles. The van der Waals surface area contributed by atoms with E-state index < -0.39 is 8.07 Å². The molecule has 0 aliphatic rings. The Morgan fingerprint density at radius 2 is 0.909 bits per heavy atom. The lowest BCUT2D eigenvalue weighted by Crippen LogP contribution is -2.52. The van der Waals surface area contributed by atoms with Crippen molar-refractivity contribution in [2.75, 3.05) is 0 Å². The summed E-state index contributed by atoms with van der Waals surface area (Å²) in [5, 5.41) is 23.0. The Labute approximate surface area is 198 Å². The van der Waals surface area contributed by atoms with Crippen LogP contribution in [-0.4, -0.2) is 29.9 Å². The molecule has 0 aliphatic heterocycles. The molecule has 0 atom stereocenters. The third-order valence-electron chi connectivity index (χ3n) is 6.24. The summed E-state index contributed by atoms with van der Waals surface area (Å²) in [6, 6.07) is 15.9. The number of hydrogen-bond donors (Lipinski definition) is 2. The fourth-order valence-corrected chi connectivity index (χ4v) is 6.29. The van der Waals surface area contributed by atoms with E-state index in [4.69, 9.17) is 0 Å². The van der Waals surface area contributed by atoms with Gasteiger partial charge in [0.05, 0.1) is 11.1 Å². The monoisotopic (exact) mass is 464 g/mol. The lowest BCUT2D eigenvalue weighted by Gasteiger charge is -2.24. The first-order valence-corrected chi connectivity index (χ1v) is 14.7. The van der Waals surface area contributed by atoms with Gasteiger partial charge in [-0.3, -0.25) is 9.59 Å². The summed E-state index contributed by atoms with van der Waals surface area (Å²) in [5.74, 6) is 0.134. The maximum atomic E-state index is 12.4. The fraction of sp³-hybridized carbons (Fsp3) is 0.357. The van der Waals surface area contributed by atoms with E-state index in [0.29, 0.717) is 36.8 Å². The van der Waals surface area contributed by atoms with Crippen LogP contribution in [0.15, 0.2) is 60.0 Å². The van der Waals surface area contributed by atoms with Crippen molar-refractivity contribution in [3.05, 3.63) is 71.2 Å². The lowest BCUT2D eigenvalue weighted by molar-refractivity contribution is -0.114. The lowest BCUT2D eigenvalue weighted by atomic mass is 9.98. The van der Waals surface area contributed by atoms with Crippen molar-refractivity contribution in [1.29, 1.82) is 0 Å². The highest BCUT2D eigenvalue weighted by atomic mass is 28.3. The zero-order valence-electron chi connectivity index (χ0n) is 20.7. The number of benzene rings is 2. The number of carbonyl (C=O) groups excluding carboxylic acids is 2. The van der Waals surface area contributed by atoms with Crippen LogP contribution in [-0.2, 0) is 9.59 Å². The average Bonchev–Trinajstić information content (AvgIpc) is 2.84. The molecular weight excluding hydrogens is 428 g/mol. The summed E-state index contributed by atoms with van der Waals surface area (Å²) in [6.45, 7) is 11.8. The van der Waals surface area contributed by atoms with E-state index in [9.17, 15) is 19.8 Å². The minimum absolute atomic E-state index is 0.0602. The molecule has 0 heterocycles. The van der Waals surface area contributed by atoms with E-state index in [1.165, 1.54) is 10.4 Å². The summed E-state index contributed by atoms with van der Waals surface area (Å²) in [4.78, 5) is 24.8. The van der Waals surface area contributed by atoms with E-state index in [-0.39, 0.29) is 23.1 Å². The Kier molecular flexibility index (Phi) is 9.00. The highest BCUT2D eigenvalue weighted by Crippen LogP contribution is 2.23. The number of carbonyl (C=O) groups is 2. The molecule has 0 saturated heterocycles. The molecule has 2 rings (SSSR count). The van der Waals surface area contributed by atoms with E-state index in [1.54, 1.807) is 13.8 Å². The van der Waals surface area contributed by atoms with Crippen LogP contribution in [0.4, 0.5) is 0 Å². The number of allylic oxidation sites excluding steroid dienone is 4. The Hall–Kier alpha value is -2.92. The van der Waals surface area contributed by atoms with Crippen molar-refractivity contribution in [2.45, 2.75) is 66.5 Å². The highest BCUT2D eigenvalue weighted by molar-refractivity contribution is 7.00. The Morgan fingerprint density at radius 3 is 1.15 bits per heavy atom. The molecule has 0 radical (unpaired) electrons. The summed E-state index contributed by atoms with van der Waals surface area (Å²) in [6.07, 6.45) is 1.52. The SMILES string of the molecule is CCC(=O)/C(=C(/O)CC)c1ccc([Si](C)(C)c2ccc(/C(C(=O)CC)=C(\O)CC)cc2)cc1. The van der Waals surface area contributed by atoms with Gasteiger partial charge in [0, 0.05) is 25.7 Å². The number of aliphatic hydroxyl groups excluding tert-OH is 2. The minimum Gasteiger partial charge on any atom is -0.512 e. The summed E-state index contributed by atoms with van der Waals surface area (Å²) >= 11 is 0. The van der Waals surface area contributed by atoms with E-state index >= 15 is 0 Å². The zero-order valence-corrected chi connectivity index (χ0v) is 21.7. The van der Waals surface area contributed by atoms with Crippen molar-refractivity contribution in [1.82, 2.24) is 0 Å². The van der Waals surface area contributed by atoms with Crippen LogP contribution in [0.1, 0.15) is 64.5 Å². The average molecular weight is 465 g/mol. The molecule has 5 heteroatoms. The van der Waals surface area contributed by atoms with Gasteiger partial charge in [0.25, 0.3) is 0 Å². The maximum absolute atomic E-state index is 12.4. The van der Waals surface area contributed by atoms with Crippen LogP contribution in [0.2, 0.25) is 13.1 Å². The van der Waals surface area contributed by atoms with Gasteiger partial charge in [-0.15, -0.1) is 0 Å². The van der Waals surface area contributed by atoms with Gasteiger partial charge in [0.1, 0.15) is 19.6 Å². The predicted octanol–water partition coefficient (Wildman–Crippen LogP) is 5.83. The molecule has 4 nitrogen and oxygen atoms in total. The molecule has 0 amide bonds. The number of aliphatic hydroxyl groups is 2. The molecule has 0 aromatic heterocycles. The molecular formula is C28H36O4Si. The number of rotatable bonds is 10. The Bertz CT molecular complexity index is 973. The topological polar surface area (TPSA) is 74.6 Å². The molecule has 0 saturated carbocycles. The minimum atomic E-state index is -2.04. The molecule has 33 heavy (non-hydrogen) atoms. The second kappa shape index (κ2) is 11.3. The van der Waals surface area contributed by atoms with Crippen LogP contribution < -0.4 is 10.4 Å². The van der Waals surface area contributed by atoms with Gasteiger partial charge in [-0.1, -0.05) is 99.7 Å². The van der Waals surface area contributed by atoms with Gasteiger partial charge in [0.15, 0.2) is 11.6 Å². The summed E-state index contributed by atoms with van der Waals surface area (Å²) < 4.78 is 0. The molecule has 2 aromatic rings. The van der Waals surface area contributed by atoms with Crippen molar-refractivity contribution < 1.29 is 19.8 Å². The van der Waals surface area contributed by atoms with E-state index in [1.807, 2.05) is 38.1 Å². The smallest absolute Gasteiger partial charge is 0.166 e. The molecule has 0 fully saturated rings. The largest absolute Gasteiger partial charge is 0.512 e. The van der Waals surface area contributed by atoms with Crippen molar-refractivity contribution in [2.24, 2.45) is 0 Å². The normalized spacial score (nSPS) is 13.3. The molecule has 2 aromatic carbocycles. The van der Waals surface area contributed by atoms with Crippen LogP contribution in [0.25, 0.3) is 11.1 Å². The van der Waals surface area contributed by atoms with Gasteiger partial charge in [-0.2, -0.15) is 0 Å². The van der Waals surface area contributed by atoms with Gasteiger partial charge < -0.3 is 10.2 Å². The van der Waals surface area contributed by atoms with Gasteiger partial charge >= 0.3 is 0 Å². The maximum Gasteiger partial charge on any atom is 0.166 e. The van der Waals surface area contributed by atoms with Crippen LogP contribution in [0.5, 0.6) is 0 Å². The summed E-state index contributed by atoms with van der Waals surface area (Å²) in [7, 11) is -2.04. The van der Waals surface area contributed by atoms with Crippen LogP contribution >= 0.6 is 0 Å². The van der Waals surface area contributed by atoms with Crippen molar-refractivity contribution in [3.63, 3.8) is 0 Å². The van der Waals surface area contributed by atoms with Crippen LogP contribution in [0, 0.1) is 0 Å². The fourth-order valence-electron chi connectivity index (χ4n) is 3.96. The molecule has 0 unspecified atom stereocenters. The molecule has 0 bridgehead atoms. The summed E-state index contributed by atoms with van der Waals surface area (Å²) in [5.41, 5.74) is 2.30. The number of hydrogen-bond acceptors (Lipinski definition) is 4. The van der Waals surface area contributed by atoms with Crippen molar-refractivity contribution in [3.8, 4) is 0 Å².